The van der Waals surface area contributed by atoms with Crippen LogP contribution in [0.3, 0.4) is 0 Å². The zero-order valence-electron chi connectivity index (χ0n) is 14.4. The van der Waals surface area contributed by atoms with E-state index in [1.54, 1.807) is 0 Å². The van der Waals surface area contributed by atoms with E-state index in [0.29, 0.717) is 22.6 Å². The molecular formula is C19H12F4N2O2S. The molecule has 0 radical (unpaired) electrons. The molecule has 3 aromatic rings. The fourth-order valence-electron chi connectivity index (χ4n) is 3.33. The van der Waals surface area contributed by atoms with E-state index in [0.717, 1.165) is 16.2 Å². The number of carbonyl (C=O) groups is 1. The molecular weight excluding hydrogens is 396 g/mol. The minimum absolute atomic E-state index is 0.0980. The van der Waals surface area contributed by atoms with Crippen molar-refractivity contribution in [1.82, 2.24) is 4.57 Å². The van der Waals surface area contributed by atoms with Crippen LogP contribution < -0.4 is 9.77 Å². The fraction of sp³-hybridized carbons (Fsp3) is 0.158. The third-order valence-electron chi connectivity index (χ3n) is 4.66. The Morgan fingerprint density at radius 1 is 1.00 bits per heavy atom. The standard InChI is InChI=1S/C19H12F4N2O2S/c1-24-18-17(28-19(24)27)12(9-2-4-10(20)5-3-9)8-15(26)25(18)11-6-13(21)16(23)14(22)7-11/h2-7,12H,8H2,1H3. The Morgan fingerprint density at radius 3 is 2.21 bits per heavy atom. The maximum atomic E-state index is 13.7. The normalized spacial score (nSPS) is 16.4. The molecule has 1 amide bonds. The van der Waals surface area contributed by atoms with Crippen molar-refractivity contribution < 1.29 is 22.4 Å². The van der Waals surface area contributed by atoms with Crippen molar-refractivity contribution in [2.75, 3.05) is 4.90 Å². The number of benzene rings is 2. The smallest absolute Gasteiger partial charge is 0.288 e. The van der Waals surface area contributed by atoms with Crippen LogP contribution in [0.2, 0.25) is 0 Å². The quantitative estimate of drug-likeness (QED) is 0.471. The van der Waals surface area contributed by atoms with Crippen molar-refractivity contribution in [1.29, 1.82) is 0 Å². The zero-order valence-corrected chi connectivity index (χ0v) is 15.2. The first-order chi connectivity index (χ1) is 13.3. The van der Waals surface area contributed by atoms with Crippen LogP contribution in [0.5, 0.6) is 0 Å². The van der Waals surface area contributed by atoms with Crippen LogP contribution in [-0.4, -0.2) is 10.5 Å². The molecule has 4 rings (SSSR count). The summed E-state index contributed by atoms with van der Waals surface area (Å²) in [6.07, 6.45) is -0.0980. The van der Waals surface area contributed by atoms with E-state index in [2.05, 4.69) is 0 Å². The first kappa shape index (κ1) is 18.4. The van der Waals surface area contributed by atoms with Gasteiger partial charge in [-0.1, -0.05) is 23.5 Å². The first-order valence-electron chi connectivity index (χ1n) is 8.20. The Morgan fingerprint density at radius 2 is 1.61 bits per heavy atom. The topological polar surface area (TPSA) is 42.3 Å². The Balaban J connectivity index is 1.91. The summed E-state index contributed by atoms with van der Waals surface area (Å²) in [6, 6.07) is 6.97. The molecule has 0 spiro atoms. The van der Waals surface area contributed by atoms with Crippen molar-refractivity contribution in [2.24, 2.45) is 7.05 Å². The van der Waals surface area contributed by atoms with E-state index in [1.165, 1.54) is 35.9 Å². The van der Waals surface area contributed by atoms with Crippen molar-refractivity contribution >= 4 is 28.7 Å². The molecule has 1 atom stereocenters. The third-order valence-corrected chi connectivity index (χ3v) is 5.80. The molecule has 28 heavy (non-hydrogen) atoms. The van der Waals surface area contributed by atoms with E-state index >= 15 is 0 Å². The van der Waals surface area contributed by atoms with Crippen molar-refractivity contribution in [3.05, 3.63) is 79.8 Å². The van der Waals surface area contributed by atoms with Crippen LogP contribution in [0.15, 0.2) is 41.2 Å². The fourth-order valence-corrected chi connectivity index (χ4v) is 4.42. The molecule has 0 bridgehead atoms. The molecule has 0 fully saturated rings. The third kappa shape index (κ3) is 2.82. The van der Waals surface area contributed by atoms with Gasteiger partial charge in [0.05, 0.1) is 10.6 Å². The van der Waals surface area contributed by atoms with Crippen LogP contribution in [0.4, 0.5) is 29.1 Å². The molecule has 1 aliphatic rings. The number of carbonyl (C=O) groups excluding carboxylic acids is 1. The van der Waals surface area contributed by atoms with Gasteiger partial charge in [-0.05, 0) is 17.7 Å². The minimum Gasteiger partial charge on any atom is -0.288 e. The molecule has 2 aromatic carbocycles. The van der Waals surface area contributed by atoms with Crippen molar-refractivity contribution in [3.8, 4) is 0 Å². The molecule has 0 saturated carbocycles. The van der Waals surface area contributed by atoms with Gasteiger partial charge in [0.1, 0.15) is 11.6 Å². The van der Waals surface area contributed by atoms with Gasteiger partial charge in [0.15, 0.2) is 17.5 Å². The lowest BCUT2D eigenvalue weighted by Crippen LogP contribution is -2.35. The highest BCUT2D eigenvalue weighted by Crippen LogP contribution is 2.44. The van der Waals surface area contributed by atoms with Crippen LogP contribution in [0.1, 0.15) is 22.8 Å². The Bertz CT molecular complexity index is 1130. The molecule has 1 aromatic heterocycles. The monoisotopic (exact) mass is 408 g/mol. The van der Waals surface area contributed by atoms with Crippen LogP contribution in [-0.2, 0) is 11.8 Å². The first-order valence-corrected chi connectivity index (χ1v) is 9.02. The lowest BCUT2D eigenvalue weighted by Gasteiger charge is -2.32. The van der Waals surface area contributed by atoms with Gasteiger partial charge in [-0.3, -0.25) is 19.1 Å². The maximum Gasteiger partial charge on any atom is 0.308 e. The molecule has 2 heterocycles. The highest BCUT2D eigenvalue weighted by Gasteiger charge is 2.38. The second-order valence-corrected chi connectivity index (χ2v) is 7.37. The second-order valence-electron chi connectivity index (χ2n) is 6.38. The van der Waals surface area contributed by atoms with Crippen molar-refractivity contribution in [3.63, 3.8) is 0 Å². The summed E-state index contributed by atoms with van der Waals surface area (Å²) in [4.78, 5) is 26.3. The Labute approximate surface area is 160 Å². The van der Waals surface area contributed by atoms with Crippen LogP contribution >= 0.6 is 11.3 Å². The number of halogens is 4. The molecule has 1 aliphatic heterocycles. The van der Waals surface area contributed by atoms with Crippen LogP contribution in [0.25, 0.3) is 0 Å². The van der Waals surface area contributed by atoms with Crippen LogP contribution in [0, 0.1) is 23.3 Å². The van der Waals surface area contributed by atoms with Gasteiger partial charge >= 0.3 is 4.87 Å². The number of nitrogens with zero attached hydrogens (tertiary/aromatic N) is 2. The summed E-state index contributed by atoms with van der Waals surface area (Å²) in [5.74, 6) is -5.83. The molecule has 144 valence electrons. The molecule has 1 unspecified atom stereocenters. The summed E-state index contributed by atoms with van der Waals surface area (Å²) >= 11 is 0.894. The minimum atomic E-state index is -1.64. The van der Waals surface area contributed by atoms with E-state index in [9.17, 15) is 27.2 Å². The van der Waals surface area contributed by atoms with Gasteiger partial charge in [0.25, 0.3) is 0 Å². The average molecular weight is 408 g/mol. The Kier molecular flexibility index (Phi) is 4.34. The maximum absolute atomic E-state index is 13.7. The lowest BCUT2D eigenvalue weighted by molar-refractivity contribution is -0.118. The van der Waals surface area contributed by atoms with E-state index in [1.807, 2.05) is 0 Å². The van der Waals surface area contributed by atoms with Gasteiger partial charge in [-0.15, -0.1) is 0 Å². The summed E-state index contributed by atoms with van der Waals surface area (Å²) in [5, 5.41) is 0. The van der Waals surface area contributed by atoms with Gasteiger partial charge < -0.3 is 0 Å². The van der Waals surface area contributed by atoms with Gasteiger partial charge in [0, 0.05) is 31.5 Å². The lowest BCUT2D eigenvalue weighted by atomic mass is 9.90. The number of aromatic nitrogens is 1. The summed E-state index contributed by atoms with van der Waals surface area (Å²) in [7, 11) is 1.43. The SMILES string of the molecule is Cn1c2c(sc1=O)C(c1ccc(F)cc1)CC(=O)N2c1cc(F)c(F)c(F)c1. The predicted octanol–water partition coefficient (Wildman–Crippen LogP) is 4.20. The highest BCUT2D eigenvalue weighted by molar-refractivity contribution is 7.10. The van der Waals surface area contributed by atoms with Crippen molar-refractivity contribution in [2.45, 2.75) is 12.3 Å². The molecule has 0 aliphatic carbocycles. The number of hydrogen-bond donors (Lipinski definition) is 0. The highest BCUT2D eigenvalue weighted by atomic mass is 32.1. The number of anilines is 2. The number of rotatable bonds is 2. The van der Waals surface area contributed by atoms with E-state index in [-0.39, 0.29) is 22.8 Å². The largest absolute Gasteiger partial charge is 0.308 e. The second kappa shape index (κ2) is 6.59. The zero-order chi connectivity index (χ0) is 20.2. The number of hydrogen-bond acceptors (Lipinski definition) is 3. The molecule has 4 nitrogen and oxygen atoms in total. The number of fused-ring (bicyclic) bond motifs is 1. The molecule has 9 heteroatoms. The van der Waals surface area contributed by atoms with E-state index in [4.69, 9.17) is 0 Å². The Hall–Kier alpha value is -2.94. The molecule has 0 N–H and O–H groups in total. The number of amides is 1. The van der Waals surface area contributed by atoms with Gasteiger partial charge in [-0.25, -0.2) is 17.6 Å². The molecule has 0 saturated heterocycles. The predicted molar refractivity (Wildman–Crippen MR) is 95.9 cm³/mol. The summed E-state index contributed by atoms with van der Waals surface area (Å²) in [5.41, 5.74) is 0.419. The average Bonchev–Trinajstić information content (AvgIpc) is 2.94. The van der Waals surface area contributed by atoms with E-state index < -0.39 is 35.1 Å². The summed E-state index contributed by atoms with van der Waals surface area (Å²) < 4.78 is 55.3. The summed E-state index contributed by atoms with van der Waals surface area (Å²) in [6.45, 7) is 0. The van der Waals surface area contributed by atoms with Gasteiger partial charge in [-0.2, -0.15) is 0 Å². The number of thiazole rings is 1. The van der Waals surface area contributed by atoms with Gasteiger partial charge in [0.2, 0.25) is 5.91 Å².